The maximum Gasteiger partial charge on any atom is 0.491 e. The number of methoxy groups -OCH3 is 2. The molecule has 234 valence electrons. The molecular weight excluding hydrogens is 595 g/mol. The number of aromatic nitrogens is 3. The highest BCUT2D eigenvalue weighted by Gasteiger charge is 2.41. The number of halogens is 3. The second kappa shape index (κ2) is 12.4. The van der Waals surface area contributed by atoms with Gasteiger partial charge in [0.1, 0.15) is 18.0 Å². The van der Waals surface area contributed by atoms with Crippen LogP contribution in [0.2, 0.25) is 0 Å². The first-order chi connectivity index (χ1) is 22.1. The van der Waals surface area contributed by atoms with E-state index in [-0.39, 0.29) is 5.75 Å². The molecule has 0 radical (unpaired) electrons. The smallest absolute Gasteiger partial charge is 0.420 e. The van der Waals surface area contributed by atoms with Gasteiger partial charge in [-0.2, -0.15) is 18.3 Å². The molecule has 2 heterocycles. The molecule has 0 aliphatic rings. The van der Waals surface area contributed by atoms with Crippen LogP contribution in [-0.4, -0.2) is 41.5 Å². The molecule has 2 unspecified atom stereocenters. The van der Waals surface area contributed by atoms with E-state index in [0.717, 1.165) is 49.5 Å². The summed E-state index contributed by atoms with van der Waals surface area (Å²) in [6, 6.07) is 26.1. The van der Waals surface area contributed by atoms with Crippen LogP contribution in [0, 0.1) is 13.8 Å². The Morgan fingerprint density at radius 1 is 0.761 bits per heavy atom. The molecule has 0 fully saturated rings. The Labute approximate surface area is 263 Å². The quantitative estimate of drug-likeness (QED) is 0.135. The highest BCUT2D eigenvalue weighted by molar-refractivity contribution is 6.10. The zero-order valence-electron chi connectivity index (χ0n) is 25.5. The number of alkyl halides is 3. The molecule has 1 N–H and O–H groups in total. The third-order valence-electron chi connectivity index (χ3n) is 7.91. The zero-order chi connectivity index (χ0) is 32.6. The first-order valence-corrected chi connectivity index (χ1v) is 14.5. The predicted octanol–water partition coefficient (Wildman–Crippen LogP) is 8.33. The predicted molar refractivity (Wildman–Crippen MR) is 169 cm³/mol. The van der Waals surface area contributed by atoms with Gasteiger partial charge in [0, 0.05) is 30.6 Å². The molecule has 0 aliphatic carbocycles. The second-order valence-corrected chi connectivity index (χ2v) is 11.1. The number of hydrogen-bond donors (Lipinski definition) is 1. The van der Waals surface area contributed by atoms with E-state index in [0.29, 0.717) is 16.9 Å². The number of nitrogens with zero attached hydrogens (tertiary/aromatic N) is 2. The van der Waals surface area contributed by atoms with E-state index < -0.39 is 24.4 Å². The number of nitrogens with one attached hydrogen (secondary N) is 1. The second-order valence-electron chi connectivity index (χ2n) is 11.1. The van der Waals surface area contributed by atoms with E-state index in [2.05, 4.69) is 33.1 Å². The minimum absolute atomic E-state index is 0.235. The Bertz CT molecular complexity index is 2050. The fourth-order valence-electron chi connectivity index (χ4n) is 5.86. The Morgan fingerprint density at radius 2 is 1.33 bits per heavy atom. The molecule has 0 aliphatic heterocycles. The van der Waals surface area contributed by atoms with E-state index in [1.807, 2.05) is 56.3 Å². The average molecular weight is 626 g/mol. The van der Waals surface area contributed by atoms with Gasteiger partial charge in [-0.05, 0) is 77.9 Å². The number of rotatable bonds is 8. The van der Waals surface area contributed by atoms with Crippen molar-refractivity contribution in [1.82, 2.24) is 15.2 Å². The molecule has 0 spiro atoms. The number of esters is 1. The van der Waals surface area contributed by atoms with Crippen LogP contribution in [0.4, 0.5) is 13.2 Å². The number of fused-ring (bicyclic) bond motifs is 3. The molecule has 46 heavy (non-hydrogen) atoms. The van der Waals surface area contributed by atoms with Crippen LogP contribution in [0.3, 0.4) is 0 Å². The molecule has 0 bridgehead atoms. The lowest BCUT2D eigenvalue weighted by Gasteiger charge is -2.26. The molecule has 10 heteroatoms. The van der Waals surface area contributed by atoms with E-state index >= 15 is 0 Å². The van der Waals surface area contributed by atoms with Crippen molar-refractivity contribution in [3.8, 4) is 17.0 Å². The molecular formula is C36H30F3N3O4. The first-order valence-electron chi connectivity index (χ1n) is 14.5. The number of aryl methyl sites for hydroxylation is 2. The van der Waals surface area contributed by atoms with Gasteiger partial charge in [-0.15, -0.1) is 0 Å². The summed E-state index contributed by atoms with van der Waals surface area (Å²) in [5.41, 5.74) is 7.53. The van der Waals surface area contributed by atoms with Crippen molar-refractivity contribution in [3.63, 3.8) is 0 Å². The number of H-pyrrole nitrogens is 1. The van der Waals surface area contributed by atoms with Crippen molar-refractivity contribution < 1.29 is 32.2 Å². The number of ether oxygens (including phenoxy) is 3. The standard InChI is InChI=1S/C36H30F3N3O4/c1-20-7-5-9-23(15-20)32(44-3)28-17-26-27(18-29(28)33(45-4)24-10-6-8-21(2)16-24)31(41-34-30(26)19-40-42-34)22-11-13-25(14-12-22)46-35(43)36(37,38)39/h5-19,32-33H,1-4H3,(H,40,41,42). The SMILES string of the molecule is COC(c1cccc(C)c1)c1cc2c(-c3ccc(OC(=O)C(F)(F)F)cc3)nc3[nH]ncc3c2cc1C(OC)c1cccc(C)c1. The van der Waals surface area contributed by atoms with Crippen molar-refractivity contribution in [1.29, 1.82) is 0 Å². The summed E-state index contributed by atoms with van der Waals surface area (Å²) in [4.78, 5) is 16.3. The third kappa shape index (κ3) is 5.96. The Morgan fingerprint density at radius 3 is 1.85 bits per heavy atom. The van der Waals surface area contributed by atoms with Gasteiger partial charge in [0.05, 0.1) is 11.9 Å². The largest absolute Gasteiger partial charge is 0.491 e. The molecule has 4 aromatic carbocycles. The maximum atomic E-state index is 12.8. The van der Waals surface area contributed by atoms with E-state index in [1.54, 1.807) is 32.5 Å². The van der Waals surface area contributed by atoms with Gasteiger partial charge in [-0.25, -0.2) is 9.78 Å². The minimum atomic E-state index is -5.11. The van der Waals surface area contributed by atoms with Gasteiger partial charge in [0.15, 0.2) is 5.65 Å². The van der Waals surface area contributed by atoms with Gasteiger partial charge in [-0.1, -0.05) is 59.7 Å². The molecule has 7 nitrogen and oxygen atoms in total. The van der Waals surface area contributed by atoms with Crippen molar-refractivity contribution in [2.75, 3.05) is 14.2 Å². The third-order valence-corrected chi connectivity index (χ3v) is 7.91. The lowest BCUT2D eigenvalue weighted by atomic mass is 9.87. The van der Waals surface area contributed by atoms with Crippen LogP contribution in [-0.2, 0) is 14.3 Å². The summed E-state index contributed by atoms with van der Waals surface area (Å²) in [5, 5.41) is 9.58. The summed E-state index contributed by atoms with van der Waals surface area (Å²) in [6.45, 7) is 4.06. The molecule has 2 atom stereocenters. The van der Waals surface area contributed by atoms with Crippen LogP contribution in [0.15, 0.2) is 91.1 Å². The van der Waals surface area contributed by atoms with Gasteiger partial charge < -0.3 is 14.2 Å². The first kappa shape index (κ1) is 30.9. The Hall–Kier alpha value is -5.06. The van der Waals surface area contributed by atoms with Crippen LogP contribution < -0.4 is 4.74 Å². The number of hydrogen-bond acceptors (Lipinski definition) is 6. The van der Waals surface area contributed by atoms with Crippen molar-refractivity contribution >= 4 is 27.8 Å². The normalized spacial score (nSPS) is 13.2. The van der Waals surface area contributed by atoms with Crippen molar-refractivity contribution in [3.05, 3.63) is 125 Å². The van der Waals surface area contributed by atoms with Gasteiger partial charge >= 0.3 is 12.1 Å². The molecule has 6 rings (SSSR count). The minimum Gasteiger partial charge on any atom is -0.420 e. The number of pyridine rings is 1. The summed E-state index contributed by atoms with van der Waals surface area (Å²) < 4.78 is 55.2. The van der Waals surface area contributed by atoms with Crippen molar-refractivity contribution in [2.45, 2.75) is 32.2 Å². The maximum absolute atomic E-state index is 12.8. The molecule has 6 aromatic rings. The van der Waals surface area contributed by atoms with Crippen LogP contribution in [0.25, 0.3) is 33.1 Å². The topological polar surface area (TPSA) is 86.3 Å². The fourth-order valence-corrected chi connectivity index (χ4v) is 5.86. The summed E-state index contributed by atoms with van der Waals surface area (Å²) in [7, 11) is 3.34. The molecule has 2 aromatic heterocycles. The average Bonchev–Trinajstić information content (AvgIpc) is 3.51. The van der Waals surface area contributed by atoms with Crippen LogP contribution >= 0.6 is 0 Å². The highest BCUT2D eigenvalue weighted by atomic mass is 19.4. The summed E-state index contributed by atoms with van der Waals surface area (Å²) in [5.74, 6) is -2.52. The molecule has 0 amide bonds. The van der Waals surface area contributed by atoms with Crippen molar-refractivity contribution in [2.24, 2.45) is 0 Å². The number of aromatic amines is 1. The van der Waals surface area contributed by atoms with E-state index in [9.17, 15) is 18.0 Å². The highest BCUT2D eigenvalue weighted by Crippen LogP contribution is 2.42. The zero-order valence-corrected chi connectivity index (χ0v) is 25.5. The van der Waals surface area contributed by atoms with Crippen LogP contribution in [0.5, 0.6) is 5.75 Å². The van der Waals surface area contributed by atoms with Gasteiger partial charge in [-0.3, -0.25) is 5.10 Å². The van der Waals surface area contributed by atoms with Crippen LogP contribution in [0.1, 0.15) is 45.6 Å². The number of benzene rings is 4. The van der Waals surface area contributed by atoms with Gasteiger partial charge in [0.2, 0.25) is 0 Å². The lowest BCUT2D eigenvalue weighted by molar-refractivity contribution is -0.189. The molecule has 0 saturated heterocycles. The van der Waals surface area contributed by atoms with E-state index in [4.69, 9.17) is 14.5 Å². The number of carbonyl (C=O) groups is 1. The Kier molecular flexibility index (Phi) is 8.33. The fraction of sp³-hybridized carbons (Fsp3) is 0.194. The lowest BCUT2D eigenvalue weighted by Crippen LogP contribution is -2.27. The van der Waals surface area contributed by atoms with Gasteiger partial charge in [0.25, 0.3) is 0 Å². The summed E-state index contributed by atoms with van der Waals surface area (Å²) >= 11 is 0. The Balaban J connectivity index is 1.60. The van der Waals surface area contributed by atoms with E-state index in [1.165, 1.54) is 12.1 Å². The summed E-state index contributed by atoms with van der Waals surface area (Å²) in [6.07, 6.45) is -4.31. The monoisotopic (exact) mass is 625 g/mol. The molecule has 0 saturated carbocycles. The number of carbonyl (C=O) groups excluding carboxylic acids is 1.